The Balaban J connectivity index is 1.60. The first-order chi connectivity index (χ1) is 13.0. The fourth-order valence-corrected chi connectivity index (χ4v) is 3.71. The second-order valence-electron chi connectivity index (χ2n) is 7.08. The number of fused-ring (bicyclic) bond motifs is 1. The zero-order valence-electron chi connectivity index (χ0n) is 14.6. The number of rotatable bonds is 7. The number of nitrogens with zero attached hydrogens (tertiary/aromatic N) is 3. The van der Waals surface area contributed by atoms with Crippen molar-refractivity contribution in [2.75, 3.05) is 5.32 Å². The molecule has 1 fully saturated rings. The van der Waals surface area contributed by atoms with Crippen molar-refractivity contribution in [1.29, 1.82) is 0 Å². The molecule has 4 rings (SSSR count). The molecule has 0 unspecified atom stereocenters. The highest BCUT2D eigenvalue weighted by atomic mass is 35.5. The molecule has 2 aromatic heterocycles. The minimum atomic E-state index is -0.277. The second kappa shape index (κ2) is 7.62. The number of aromatic nitrogens is 3. The number of nitrogens with one attached hydrogen (secondary N) is 1. The fraction of sp³-hybridized carbons (Fsp3) is 0.368. The van der Waals surface area contributed by atoms with Crippen molar-refractivity contribution >= 4 is 34.5 Å². The summed E-state index contributed by atoms with van der Waals surface area (Å²) in [6.07, 6.45) is 4.21. The average molecular weight is 408 g/mol. The molecule has 1 saturated carbocycles. The van der Waals surface area contributed by atoms with Crippen LogP contribution in [0.1, 0.15) is 30.4 Å². The van der Waals surface area contributed by atoms with Gasteiger partial charge in [0.05, 0.1) is 0 Å². The summed E-state index contributed by atoms with van der Waals surface area (Å²) in [5.41, 5.74) is 8.41. The van der Waals surface area contributed by atoms with Gasteiger partial charge in [-0.05, 0) is 48.1 Å². The lowest BCUT2D eigenvalue weighted by molar-refractivity contribution is 0.566. The van der Waals surface area contributed by atoms with Crippen LogP contribution in [0.2, 0.25) is 10.4 Å². The third-order valence-electron chi connectivity index (χ3n) is 4.84. The van der Waals surface area contributed by atoms with Gasteiger partial charge in [0.15, 0.2) is 5.82 Å². The van der Waals surface area contributed by atoms with Crippen LogP contribution in [0.4, 0.5) is 10.2 Å². The van der Waals surface area contributed by atoms with Crippen LogP contribution in [0.15, 0.2) is 30.3 Å². The van der Waals surface area contributed by atoms with E-state index in [1.807, 2.05) is 6.07 Å². The molecule has 0 saturated heterocycles. The molecule has 0 bridgehead atoms. The Morgan fingerprint density at radius 2 is 2.04 bits per heavy atom. The minimum absolute atomic E-state index is 0.0601. The summed E-state index contributed by atoms with van der Waals surface area (Å²) in [6.45, 7) is 0.273. The predicted molar refractivity (Wildman–Crippen MR) is 106 cm³/mol. The molecule has 2 heterocycles. The van der Waals surface area contributed by atoms with Gasteiger partial charge in [0.1, 0.15) is 16.5 Å². The predicted octanol–water partition coefficient (Wildman–Crippen LogP) is 4.46. The molecule has 1 atom stereocenters. The van der Waals surface area contributed by atoms with Crippen LogP contribution in [0.25, 0.3) is 5.52 Å². The van der Waals surface area contributed by atoms with Crippen molar-refractivity contribution in [1.82, 2.24) is 14.6 Å². The number of hydrogen-bond acceptors (Lipinski definition) is 4. The highest BCUT2D eigenvalue weighted by Crippen LogP contribution is 2.34. The summed E-state index contributed by atoms with van der Waals surface area (Å²) in [6, 6.07) is 8.57. The third kappa shape index (κ3) is 4.18. The largest absolute Gasteiger partial charge is 0.364 e. The van der Waals surface area contributed by atoms with Gasteiger partial charge in [-0.3, -0.25) is 0 Å². The summed E-state index contributed by atoms with van der Waals surface area (Å²) in [4.78, 5) is 4.25. The van der Waals surface area contributed by atoms with E-state index in [0.29, 0.717) is 28.5 Å². The molecular weight excluding hydrogens is 388 g/mol. The molecular formula is C19H20Cl2FN5. The highest BCUT2D eigenvalue weighted by Gasteiger charge is 2.25. The molecule has 8 heteroatoms. The van der Waals surface area contributed by atoms with Crippen molar-refractivity contribution < 1.29 is 4.39 Å². The van der Waals surface area contributed by atoms with Crippen molar-refractivity contribution in [2.45, 2.75) is 38.3 Å². The van der Waals surface area contributed by atoms with Crippen LogP contribution in [0.3, 0.4) is 0 Å². The number of hydrogen-bond donors (Lipinski definition) is 2. The first-order valence-corrected chi connectivity index (χ1v) is 9.73. The SMILES string of the molecule is N[C@H](Cc1cc2c(NCc3ccccc3F)nc(Cl)nn2c1Cl)CC1CC1. The fourth-order valence-electron chi connectivity index (χ4n) is 3.29. The second-order valence-corrected chi connectivity index (χ2v) is 7.77. The topological polar surface area (TPSA) is 68.2 Å². The van der Waals surface area contributed by atoms with Crippen LogP contribution in [0, 0.1) is 11.7 Å². The van der Waals surface area contributed by atoms with Gasteiger partial charge in [0.2, 0.25) is 5.28 Å². The van der Waals surface area contributed by atoms with Crippen molar-refractivity contribution in [2.24, 2.45) is 11.7 Å². The Morgan fingerprint density at radius 3 is 2.78 bits per heavy atom. The van der Waals surface area contributed by atoms with E-state index in [0.717, 1.165) is 17.9 Å². The van der Waals surface area contributed by atoms with Gasteiger partial charge in [0.25, 0.3) is 0 Å². The van der Waals surface area contributed by atoms with Crippen molar-refractivity contribution in [3.63, 3.8) is 0 Å². The first kappa shape index (κ1) is 18.5. The van der Waals surface area contributed by atoms with Crippen LogP contribution in [-0.2, 0) is 13.0 Å². The van der Waals surface area contributed by atoms with Crippen molar-refractivity contribution in [3.8, 4) is 0 Å². The summed E-state index contributed by atoms with van der Waals surface area (Å²) in [5, 5.41) is 7.87. The monoisotopic (exact) mass is 407 g/mol. The Hall–Kier alpha value is -1.89. The number of benzene rings is 1. The van der Waals surface area contributed by atoms with Gasteiger partial charge in [-0.25, -0.2) is 8.91 Å². The maximum atomic E-state index is 13.9. The number of anilines is 1. The van der Waals surface area contributed by atoms with Crippen LogP contribution in [0.5, 0.6) is 0 Å². The lowest BCUT2D eigenvalue weighted by Gasteiger charge is -2.09. The maximum absolute atomic E-state index is 13.9. The van der Waals surface area contributed by atoms with Gasteiger partial charge >= 0.3 is 0 Å². The Morgan fingerprint density at radius 1 is 1.26 bits per heavy atom. The maximum Gasteiger partial charge on any atom is 0.243 e. The van der Waals surface area contributed by atoms with Crippen LogP contribution >= 0.6 is 23.2 Å². The smallest absolute Gasteiger partial charge is 0.243 e. The molecule has 0 aliphatic heterocycles. The zero-order valence-corrected chi connectivity index (χ0v) is 16.1. The van der Waals surface area contributed by atoms with Gasteiger partial charge in [-0.1, -0.05) is 42.6 Å². The van der Waals surface area contributed by atoms with Crippen molar-refractivity contribution in [3.05, 3.63) is 57.7 Å². The Labute approximate surface area is 166 Å². The zero-order chi connectivity index (χ0) is 19.0. The van der Waals surface area contributed by atoms with E-state index in [-0.39, 0.29) is 23.7 Å². The van der Waals surface area contributed by atoms with E-state index in [2.05, 4.69) is 15.4 Å². The molecule has 0 amide bonds. The number of halogens is 3. The summed E-state index contributed by atoms with van der Waals surface area (Å²) < 4.78 is 15.4. The first-order valence-electron chi connectivity index (χ1n) is 8.97. The van der Waals surface area contributed by atoms with E-state index >= 15 is 0 Å². The molecule has 142 valence electrons. The average Bonchev–Trinajstić information content (AvgIpc) is 3.39. The van der Waals surface area contributed by atoms with Gasteiger partial charge < -0.3 is 11.1 Å². The van der Waals surface area contributed by atoms with E-state index in [4.69, 9.17) is 28.9 Å². The summed E-state index contributed by atoms with van der Waals surface area (Å²) in [7, 11) is 0. The molecule has 1 aromatic carbocycles. The molecule has 27 heavy (non-hydrogen) atoms. The van der Waals surface area contributed by atoms with Crippen LogP contribution in [-0.4, -0.2) is 20.6 Å². The van der Waals surface area contributed by atoms with E-state index in [1.54, 1.807) is 22.7 Å². The summed E-state index contributed by atoms with van der Waals surface area (Å²) >= 11 is 12.6. The molecule has 0 radical (unpaired) electrons. The normalized spacial score (nSPS) is 15.3. The molecule has 3 aromatic rings. The molecule has 1 aliphatic rings. The Kier molecular flexibility index (Phi) is 5.21. The van der Waals surface area contributed by atoms with E-state index in [9.17, 15) is 4.39 Å². The van der Waals surface area contributed by atoms with Gasteiger partial charge in [-0.15, -0.1) is 5.10 Å². The quantitative estimate of drug-likeness (QED) is 0.606. The molecule has 0 spiro atoms. The minimum Gasteiger partial charge on any atom is -0.364 e. The van der Waals surface area contributed by atoms with Crippen LogP contribution < -0.4 is 11.1 Å². The highest BCUT2D eigenvalue weighted by molar-refractivity contribution is 6.31. The molecule has 1 aliphatic carbocycles. The molecule has 3 N–H and O–H groups in total. The molecule has 5 nitrogen and oxygen atoms in total. The number of nitrogens with two attached hydrogens (primary N) is 1. The Bertz CT molecular complexity index is 970. The lowest BCUT2D eigenvalue weighted by Crippen LogP contribution is -2.23. The summed E-state index contributed by atoms with van der Waals surface area (Å²) in [5.74, 6) is 0.978. The standard InChI is InChI=1S/C19H20Cl2FN5/c20-17-13(8-14(23)7-11-5-6-11)9-16-18(25-19(21)26-27(16)17)24-10-12-3-1-2-4-15(12)22/h1-4,9,11,14H,5-8,10,23H2,(H,24,25,26)/t14-/m0/s1. The van der Waals surface area contributed by atoms with Gasteiger partial charge in [0, 0.05) is 18.2 Å². The van der Waals surface area contributed by atoms with Gasteiger partial charge in [-0.2, -0.15) is 4.98 Å². The lowest BCUT2D eigenvalue weighted by atomic mass is 10.0. The van der Waals surface area contributed by atoms with E-state index in [1.165, 1.54) is 18.9 Å². The third-order valence-corrected chi connectivity index (χ3v) is 5.40. The van der Waals surface area contributed by atoms with E-state index < -0.39 is 0 Å².